The van der Waals surface area contributed by atoms with E-state index in [1.54, 1.807) is 0 Å². The molecule has 0 spiro atoms. The number of aryl methyl sites for hydroxylation is 1. The highest BCUT2D eigenvalue weighted by Crippen LogP contribution is 2.05. The minimum atomic E-state index is -0.352. The molecule has 0 amide bonds. The zero-order valence-corrected chi connectivity index (χ0v) is 8.16. The van der Waals surface area contributed by atoms with Gasteiger partial charge in [-0.25, -0.2) is 0 Å². The largest absolute Gasteiger partial charge is 0.393 e. The topological polar surface area (TPSA) is 59.2 Å². The molecule has 0 aliphatic rings. The fourth-order valence-corrected chi connectivity index (χ4v) is 1.15. The van der Waals surface area contributed by atoms with Gasteiger partial charge in [-0.3, -0.25) is 0 Å². The number of aliphatic hydroxyl groups excluding tert-OH is 1. The Hall–Kier alpha value is -0.900. The predicted molar refractivity (Wildman–Crippen MR) is 48.3 cm³/mol. The zero-order valence-electron chi connectivity index (χ0n) is 8.16. The normalized spacial score (nSPS) is 13.2. The lowest BCUT2D eigenvalue weighted by Crippen LogP contribution is -2.09. The third kappa shape index (κ3) is 3.14. The van der Waals surface area contributed by atoms with Crippen LogP contribution in [0, 0.1) is 0 Å². The minimum absolute atomic E-state index is 0.352. The summed E-state index contributed by atoms with van der Waals surface area (Å²) in [5.41, 5.74) is 0. The summed E-state index contributed by atoms with van der Waals surface area (Å²) in [5, 5.41) is 13.2. The smallest absolute Gasteiger partial charge is 0.229 e. The van der Waals surface area contributed by atoms with E-state index in [4.69, 9.17) is 4.52 Å². The molecule has 0 saturated carbocycles. The van der Waals surface area contributed by atoms with Gasteiger partial charge in [-0.1, -0.05) is 25.4 Å². The highest BCUT2D eigenvalue weighted by Gasteiger charge is 2.10. The van der Waals surface area contributed by atoms with Crippen molar-refractivity contribution >= 4 is 0 Å². The number of hydrogen-bond donors (Lipinski definition) is 1. The molecule has 1 aromatic rings. The molecular formula is C9H16N2O2. The first-order valence-corrected chi connectivity index (χ1v) is 4.75. The Balaban J connectivity index is 2.44. The van der Waals surface area contributed by atoms with Gasteiger partial charge in [0.05, 0.1) is 12.5 Å². The molecule has 1 N–H and O–H groups in total. The number of nitrogens with zero attached hydrogens (tertiary/aromatic N) is 2. The van der Waals surface area contributed by atoms with Crippen LogP contribution in [0.1, 0.15) is 38.4 Å². The Labute approximate surface area is 78.0 Å². The second-order valence-electron chi connectivity index (χ2n) is 3.10. The summed E-state index contributed by atoms with van der Waals surface area (Å²) in [6.07, 6.45) is 2.64. The third-order valence-corrected chi connectivity index (χ3v) is 1.86. The summed E-state index contributed by atoms with van der Waals surface area (Å²) >= 11 is 0. The molecule has 0 aromatic carbocycles. The van der Waals surface area contributed by atoms with Crippen LogP contribution in [0.2, 0.25) is 0 Å². The quantitative estimate of drug-likeness (QED) is 0.750. The first kappa shape index (κ1) is 10.2. The first-order chi connectivity index (χ1) is 6.26. The lowest BCUT2D eigenvalue weighted by Gasteiger charge is -2.03. The van der Waals surface area contributed by atoms with Crippen molar-refractivity contribution in [1.82, 2.24) is 10.1 Å². The van der Waals surface area contributed by atoms with Gasteiger partial charge in [0.2, 0.25) is 5.89 Å². The van der Waals surface area contributed by atoms with Gasteiger partial charge < -0.3 is 9.63 Å². The van der Waals surface area contributed by atoms with Gasteiger partial charge in [0, 0.05) is 6.42 Å². The Kier molecular flexibility index (Phi) is 3.89. The molecule has 0 bridgehead atoms. The van der Waals surface area contributed by atoms with Crippen LogP contribution in [-0.2, 0) is 12.8 Å². The van der Waals surface area contributed by atoms with E-state index in [0.29, 0.717) is 18.1 Å². The van der Waals surface area contributed by atoms with Gasteiger partial charge in [-0.15, -0.1) is 0 Å². The fraction of sp³-hybridized carbons (Fsp3) is 0.778. The highest BCUT2D eigenvalue weighted by atomic mass is 16.5. The molecule has 1 atom stereocenters. The summed E-state index contributed by atoms with van der Waals surface area (Å²) in [4.78, 5) is 4.11. The SMILES string of the molecule is CCCC(O)Cc1nc(CC)no1. The molecule has 1 aromatic heterocycles. The molecule has 0 saturated heterocycles. The molecule has 4 nitrogen and oxygen atoms in total. The minimum Gasteiger partial charge on any atom is -0.393 e. The fourth-order valence-electron chi connectivity index (χ4n) is 1.15. The van der Waals surface area contributed by atoms with Gasteiger partial charge in [-0.2, -0.15) is 4.98 Å². The Bertz CT molecular complexity index is 248. The first-order valence-electron chi connectivity index (χ1n) is 4.75. The average Bonchev–Trinajstić information content (AvgIpc) is 2.52. The molecule has 74 valence electrons. The van der Waals surface area contributed by atoms with E-state index < -0.39 is 0 Å². The predicted octanol–water partition coefficient (Wildman–Crippen LogP) is 1.34. The van der Waals surface area contributed by atoms with Crippen molar-refractivity contribution < 1.29 is 9.63 Å². The van der Waals surface area contributed by atoms with Crippen molar-refractivity contribution in [2.24, 2.45) is 0 Å². The van der Waals surface area contributed by atoms with Crippen molar-refractivity contribution in [2.75, 3.05) is 0 Å². The summed E-state index contributed by atoms with van der Waals surface area (Å²) in [5.74, 6) is 1.25. The lowest BCUT2D eigenvalue weighted by atomic mass is 10.1. The van der Waals surface area contributed by atoms with Crippen molar-refractivity contribution in [2.45, 2.75) is 45.6 Å². The second-order valence-corrected chi connectivity index (χ2v) is 3.10. The Morgan fingerprint density at radius 1 is 1.46 bits per heavy atom. The van der Waals surface area contributed by atoms with Crippen LogP contribution in [0.5, 0.6) is 0 Å². The number of rotatable bonds is 5. The number of aliphatic hydroxyl groups is 1. The molecule has 0 fully saturated rings. The van der Waals surface area contributed by atoms with Crippen LogP contribution in [0.25, 0.3) is 0 Å². The van der Waals surface area contributed by atoms with E-state index in [0.717, 1.165) is 19.3 Å². The van der Waals surface area contributed by atoms with Gasteiger partial charge >= 0.3 is 0 Å². The Morgan fingerprint density at radius 2 is 2.23 bits per heavy atom. The molecule has 4 heteroatoms. The standard InChI is InChI=1S/C9H16N2O2/c1-3-5-7(12)6-9-10-8(4-2)11-13-9/h7,12H,3-6H2,1-2H3. The van der Waals surface area contributed by atoms with Crippen LogP contribution in [0.4, 0.5) is 0 Å². The zero-order chi connectivity index (χ0) is 9.68. The molecule has 1 rings (SSSR count). The summed E-state index contributed by atoms with van der Waals surface area (Å²) in [6.45, 7) is 4.01. The lowest BCUT2D eigenvalue weighted by molar-refractivity contribution is 0.151. The van der Waals surface area contributed by atoms with E-state index in [2.05, 4.69) is 10.1 Å². The molecular weight excluding hydrogens is 168 g/mol. The maximum atomic E-state index is 9.46. The summed E-state index contributed by atoms with van der Waals surface area (Å²) in [6, 6.07) is 0. The highest BCUT2D eigenvalue weighted by molar-refractivity contribution is 4.87. The van der Waals surface area contributed by atoms with E-state index in [9.17, 15) is 5.11 Å². The summed E-state index contributed by atoms with van der Waals surface area (Å²) in [7, 11) is 0. The van der Waals surface area contributed by atoms with E-state index in [1.165, 1.54) is 0 Å². The van der Waals surface area contributed by atoms with E-state index in [-0.39, 0.29) is 6.10 Å². The van der Waals surface area contributed by atoms with Crippen LogP contribution in [-0.4, -0.2) is 21.4 Å². The second kappa shape index (κ2) is 4.97. The van der Waals surface area contributed by atoms with Crippen molar-refractivity contribution in [3.8, 4) is 0 Å². The number of hydrogen-bond acceptors (Lipinski definition) is 4. The van der Waals surface area contributed by atoms with Crippen LogP contribution >= 0.6 is 0 Å². The van der Waals surface area contributed by atoms with E-state index in [1.807, 2.05) is 13.8 Å². The Morgan fingerprint density at radius 3 is 2.77 bits per heavy atom. The third-order valence-electron chi connectivity index (χ3n) is 1.86. The maximum absolute atomic E-state index is 9.46. The van der Waals surface area contributed by atoms with Crippen molar-refractivity contribution in [3.63, 3.8) is 0 Å². The van der Waals surface area contributed by atoms with Gasteiger partial charge in [0.15, 0.2) is 5.82 Å². The van der Waals surface area contributed by atoms with E-state index >= 15 is 0 Å². The maximum Gasteiger partial charge on any atom is 0.229 e. The molecule has 1 unspecified atom stereocenters. The van der Waals surface area contributed by atoms with Gasteiger partial charge in [0.1, 0.15) is 0 Å². The molecule has 0 radical (unpaired) electrons. The molecule has 1 heterocycles. The van der Waals surface area contributed by atoms with Gasteiger partial charge in [-0.05, 0) is 6.42 Å². The van der Waals surface area contributed by atoms with Crippen LogP contribution in [0.3, 0.4) is 0 Å². The van der Waals surface area contributed by atoms with Gasteiger partial charge in [0.25, 0.3) is 0 Å². The average molecular weight is 184 g/mol. The van der Waals surface area contributed by atoms with Crippen LogP contribution < -0.4 is 0 Å². The van der Waals surface area contributed by atoms with Crippen LogP contribution in [0.15, 0.2) is 4.52 Å². The number of aromatic nitrogens is 2. The monoisotopic (exact) mass is 184 g/mol. The van der Waals surface area contributed by atoms with Crippen molar-refractivity contribution in [3.05, 3.63) is 11.7 Å². The summed E-state index contributed by atoms with van der Waals surface area (Å²) < 4.78 is 4.95. The molecule has 13 heavy (non-hydrogen) atoms. The molecule has 0 aliphatic carbocycles. The van der Waals surface area contributed by atoms with Crippen molar-refractivity contribution in [1.29, 1.82) is 0 Å². The molecule has 0 aliphatic heterocycles.